The molecule has 0 aliphatic heterocycles. The molecule has 0 aliphatic rings. The number of ether oxygens (including phenoxy) is 3. The van der Waals surface area contributed by atoms with Crippen molar-refractivity contribution in [3.63, 3.8) is 0 Å². The Kier molecular flexibility index (Phi) is 7.51. The molecule has 0 heterocycles. The van der Waals surface area contributed by atoms with Crippen LogP contribution >= 0.6 is 0 Å². The van der Waals surface area contributed by atoms with Gasteiger partial charge in [-0.1, -0.05) is 12.1 Å². The summed E-state index contributed by atoms with van der Waals surface area (Å²) in [5, 5.41) is 8.86. The van der Waals surface area contributed by atoms with E-state index >= 15 is 0 Å². The van der Waals surface area contributed by atoms with Crippen LogP contribution in [0.3, 0.4) is 0 Å². The number of benzene rings is 3. The Morgan fingerprint density at radius 3 is 1.91 bits per heavy atom. The largest absolute Gasteiger partial charge is 0.573 e. The molecule has 3 rings (SSSR count). The molecule has 0 saturated carbocycles. The number of anilines is 1. The quantitative estimate of drug-likeness (QED) is 0.396. The maximum absolute atomic E-state index is 12.6. The van der Waals surface area contributed by atoms with Crippen molar-refractivity contribution >= 4 is 21.7 Å². The van der Waals surface area contributed by atoms with Crippen LogP contribution in [0.5, 0.6) is 17.2 Å². The van der Waals surface area contributed by atoms with Crippen molar-refractivity contribution in [2.45, 2.75) is 11.3 Å². The molecule has 0 bridgehead atoms. The molecule has 8 nitrogen and oxygen atoms in total. The average molecular weight is 497 g/mol. The van der Waals surface area contributed by atoms with E-state index in [1.165, 1.54) is 60.7 Å². The van der Waals surface area contributed by atoms with Crippen LogP contribution in [0.2, 0.25) is 0 Å². The van der Waals surface area contributed by atoms with Crippen molar-refractivity contribution < 1.29 is 45.7 Å². The van der Waals surface area contributed by atoms with Gasteiger partial charge in [0.2, 0.25) is 0 Å². The van der Waals surface area contributed by atoms with Crippen LogP contribution in [0.4, 0.5) is 18.9 Å². The van der Waals surface area contributed by atoms with Gasteiger partial charge < -0.3 is 19.3 Å². The lowest BCUT2D eigenvalue weighted by Gasteiger charge is -2.14. The number of sulfonamides is 1. The van der Waals surface area contributed by atoms with Gasteiger partial charge in [-0.25, -0.2) is 13.2 Å². The maximum atomic E-state index is 12.6. The number of nitrogens with one attached hydrogen (secondary N) is 1. The Morgan fingerprint density at radius 1 is 0.853 bits per heavy atom. The minimum atomic E-state index is -5.05. The molecule has 3 aromatic carbocycles. The topological polar surface area (TPSA) is 111 Å². The van der Waals surface area contributed by atoms with E-state index in [1.807, 2.05) is 0 Å². The number of hydrogen-bond acceptors (Lipinski definition) is 6. The summed E-state index contributed by atoms with van der Waals surface area (Å²) in [4.78, 5) is 10.2. The van der Waals surface area contributed by atoms with Crippen LogP contribution in [0.15, 0.2) is 77.7 Å². The second-order valence-corrected chi connectivity index (χ2v) is 8.30. The number of carboxylic acids is 1. The van der Waals surface area contributed by atoms with Crippen LogP contribution < -0.4 is 18.9 Å². The van der Waals surface area contributed by atoms with Crippen LogP contribution in [0, 0.1) is 0 Å². The molecule has 3 aromatic rings. The Morgan fingerprint density at radius 2 is 1.38 bits per heavy atom. The molecule has 0 atom stereocenters. The standard InChI is InChI=1S/C22H18F3NO7S/c23-22(24,25)33-19-3-1-2-4-20(19)34(29,30)26-16-7-11-18(12-8-16)32-14-13-31-17-9-5-15(6-10-17)21(27)28/h1-12,26H,13-14H2,(H,27,28). The van der Waals surface area contributed by atoms with Gasteiger partial charge in [-0.15, -0.1) is 13.2 Å². The highest BCUT2D eigenvalue weighted by atomic mass is 32.2. The molecule has 0 unspecified atom stereocenters. The smallest absolute Gasteiger partial charge is 0.490 e. The van der Waals surface area contributed by atoms with Crippen LogP contribution in [0.25, 0.3) is 0 Å². The monoisotopic (exact) mass is 497 g/mol. The number of alkyl halides is 3. The second-order valence-electron chi connectivity index (χ2n) is 6.65. The lowest BCUT2D eigenvalue weighted by Crippen LogP contribution is -2.20. The molecule has 0 aliphatic carbocycles. The van der Waals surface area contributed by atoms with Gasteiger partial charge in [0.25, 0.3) is 10.0 Å². The molecule has 0 spiro atoms. The van der Waals surface area contributed by atoms with Crippen LogP contribution in [-0.2, 0) is 10.0 Å². The SMILES string of the molecule is O=C(O)c1ccc(OCCOc2ccc(NS(=O)(=O)c3ccccc3OC(F)(F)F)cc2)cc1. The van der Waals surface area contributed by atoms with Crippen molar-refractivity contribution in [3.05, 3.63) is 78.4 Å². The van der Waals surface area contributed by atoms with E-state index in [1.54, 1.807) is 0 Å². The highest BCUT2D eigenvalue weighted by Crippen LogP contribution is 2.30. The van der Waals surface area contributed by atoms with Crippen LogP contribution in [-0.4, -0.2) is 39.1 Å². The number of carboxylic acid groups (broad SMARTS) is 1. The fourth-order valence-electron chi connectivity index (χ4n) is 2.72. The van der Waals surface area contributed by atoms with Gasteiger partial charge in [0.05, 0.1) is 5.56 Å². The average Bonchev–Trinajstić information content (AvgIpc) is 2.77. The fourth-order valence-corrected chi connectivity index (χ4v) is 3.91. The van der Waals surface area contributed by atoms with Crippen molar-refractivity contribution in [1.82, 2.24) is 0 Å². The summed E-state index contributed by atoms with van der Waals surface area (Å²) in [7, 11) is -4.36. The zero-order chi connectivity index (χ0) is 24.8. The van der Waals surface area contributed by atoms with Crippen molar-refractivity contribution in [2.24, 2.45) is 0 Å². The molecule has 34 heavy (non-hydrogen) atoms. The van der Waals surface area contributed by atoms with Gasteiger partial charge in [0.15, 0.2) is 0 Å². The first-order valence-corrected chi connectivity index (χ1v) is 11.1. The first-order valence-electron chi connectivity index (χ1n) is 9.60. The molecule has 180 valence electrons. The van der Waals surface area contributed by atoms with Gasteiger partial charge in [-0.05, 0) is 60.7 Å². The normalized spacial score (nSPS) is 11.5. The molecular weight excluding hydrogens is 479 g/mol. The number of carbonyl (C=O) groups is 1. The fraction of sp³-hybridized carbons (Fsp3) is 0.136. The Labute approximate surface area is 192 Å². The van der Waals surface area contributed by atoms with Crippen molar-refractivity contribution in [3.8, 4) is 17.2 Å². The molecule has 0 radical (unpaired) electrons. The van der Waals surface area contributed by atoms with E-state index in [2.05, 4.69) is 9.46 Å². The van der Waals surface area contributed by atoms with Gasteiger partial charge in [-0.2, -0.15) is 0 Å². The number of rotatable bonds is 10. The third kappa shape index (κ3) is 7.04. The molecule has 12 heteroatoms. The van der Waals surface area contributed by atoms with Gasteiger partial charge in [0, 0.05) is 5.69 Å². The highest BCUT2D eigenvalue weighted by molar-refractivity contribution is 7.92. The molecule has 0 aromatic heterocycles. The Bertz CT molecular complexity index is 1230. The van der Waals surface area contributed by atoms with E-state index < -0.39 is 33.0 Å². The van der Waals surface area contributed by atoms with Gasteiger partial charge in [0.1, 0.15) is 35.4 Å². The van der Waals surface area contributed by atoms with E-state index in [-0.39, 0.29) is 24.5 Å². The first-order chi connectivity index (χ1) is 16.0. The predicted octanol–water partition coefficient (Wildman–Crippen LogP) is 4.54. The number of aromatic carboxylic acids is 1. The Hall–Kier alpha value is -3.93. The van der Waals surface area contributed by atoms with Crippen molar-refractivity contribution in [1.29, 1.82) is 0 Å². The van der Waals surface area contributed by atoms with Crippen LogP contribution in [0.1, 0.15) is 10.4 Å². The minimum absolute atomic E-state index is 0.101. The first kappa shape index (κ1) is 24.7. The molecule has 0 saturated heterocycles. The van der Waals surface area contributed by atoms with E-state index in [0.717, 1.165) is 12.1 Å². The van der Waals surface area contributed by atoms with E-state index in [0.29, 0.717) is 11.5 Å². The summed E-state index contributed by atoms with van der Waals surface area (Å²) in [6, 6.07) is 15.9. The summed E-state index contributed by atoms with van der Waals surface area (Å²) in [5.41, 5.74) is 0.236. The zero-order valence-electron chi connectivity index (χ0n) is 17.3. The maximum Gasteiger partial charge on any atom is 0.573 e. The van der Waals surface area contributed by atoms with Gasteiger partial charge >= 0.3 is 12.3 Å². The zero-order valence-corrected chi connectivity index (χ0v) is 18.1. The second kappa shape index (κ2) is 10.3. The molecule has 2 N–H and O–H groups in total. The number of para-hydroxylation sites is 1. The third-order valence-corrected chi connectivity index (χ3v) is 5.61. The van der Waals surface area contributed by atoms with E-state index in [9.17, 15) is 26.4 Å². The van der Waals surface area contributed by atoms with E-state index in [4.69, 9.17) is 14.6 Å². The summed E-state index contributed by atoms with van der Waals surface area (Å²) < 4.78 is 79.8. The summed E-state index contributed by atoms with van der Waals surface area (Å²) in [6.45, 7) is 0.310. The third-order valence-electron chi connectivity index (χ3n) is 4.19. The number of halogens is 3. The molecule has 0 amide bonds. The lowest BCUT2D eigenvalue weighted by molar-refractivity contribution is -0.275. The number of hydrogen-bond donors (Lipinski definition) is 2. The van der Waals surface area contributed by atoms with Crippen molar-refractivity contribution in [2.75, 3.05) is 17.9 Å². The lowest BCUT2D eigenvalue weighted by atomic mass is 10.2. The summed E-state index contributed by atoms with van der Waals surface area (Å²) >= 11 is 0. The van der Waals surface area contributed by atoms with Gasteiger partial charge in [-0.3, -0.25) is 4.72 Å². The summed E-state index contributed by atoms with van der Waals surface area (Å²) in [5.74, 6) is -1.03. The summed E-state index contributed by atoms with van der Waals surface area (Å²) in [6.07, 6.45) is -5.05. The molecule has 0 fully saturated rings. The Balaban J connectivity index is 1.55. The predicted molar refractivity (Wildman–Crippen MR) is 115 cm³/mol. The highest BCUT2D eigenvalue weighted by Gasteiger charge is 2.34. The molecular formula is C22H18F3NO7S. The minimum Gasteiger partial charge on any atom is -0.490 e.